The number of ether oxygens (including phenoxy) is 2. The first-order valence-electron chi connectivity index (χ1n) is 7.19. The third-order valence-corrected chi connectivity index (χ3v) is 3.61. The van der Waals surface area contributed by atoms with E-state index in [2.05, 4.69) is 13.8 Å². The van der Waals surface area contributed by atoms with E-state index in [4.69, 9.17) is 15.2 Å². The van der Waals surface area contributed by atoms with Crippen molar-refractivity contribution >= 4 is 0 Å². The van der Waals surface area contributed by atoms with E-state index in [0.29, 0.717) is 18.6 Å². The summed E-state index contributed by atoms with van der Waals surface area (Å²) >= 11 is 0. The van der Waals surface area contributed by atoms with Crippen LogP contribution in [0.4, 0.5) is 0 Å². The zero-order valence-electron chi connectivity index (χ0n) is 11.5. The van der Waals surface area contributed by atoms with Gasteiger partial charge in [0.15, 0.2) is 0 Å². The van der Waals surface area contributed by atoms with Crippen LogP contribution in [0.3, 0.4) is 0 Å². The van der Waals surface area contributed by atoms with E-state index in [1.165, 1.54) is 25.7 Å². The molecule has 3 unspecified atom stereocenters. The summed E-state index contributed by atoms with van der Waals surface area (Å²) in [5.74, 6) is 0.502. The van der Waals surface area contributed by atoms with E-state index in [-0.39, 0.29) is 6.04 Å². The van der Waals surface area contributed by atoms with Crippen LogP contribution < -0.4 is 5.73 Å². The molecular weight excluding hydrogens is 214 g/mol. The molecule has 0 saturated carbocycles. The van der Waals surface area contributed by atoms with Gasteiger partial charge in [0.05, 0.1) is 19.3 Å². The van der Waals surface area contributed by atoms with Gasteiger partial charge in [0, 0.05) is 18.6 Å². The Balaban J connectivity index is 2.00. The maximum Gasteiger partial charge on any atom is 0.0624 e. The average Bonchev–Trinajstić information content (AvgIpc) is 2.85. The summed E-state index contributed by atoms with van der Waals surface area (Å²) < 4.78 is 11.2. The predicted octanol–water partition coefficient (Wildman–Crippen LogP) is 2.73. The van der Waals surface area contributed by atoms with Gasteiger partial charge in [-0.25, -0.2) is 0 Å². The monoisotopic (exact) mass is 243 g/mol. The Morgan fingerprint density at radius 1 is 1.35 bits per heavy atom. The summed E-state index contributed by atoms with van der Waals surface area (Å²) in [4.78, 5) is 0. The lowest BCUT2D eigenvalue weighted by Gasteiger charge is -2.20. The molecule has 1 aliphatic heterocycles. The molecule has 2 N–H and O–H groups in total. The van der Waals surface area contributed by atoms with E-state index < -0.39 is 0 Å². The van der Waals surface area contributed by atoms with Gasteiger partial charge in [0.1, 0.15) is 0 Å². The number of nitrogens with two attached hydrogens (primary N) is 1. The molecule has 3 heteroatoms. The van der Waals surface area contributed by atoms with Gasteiger partial charge < -0.3 is 15.2 Å². The van der Waals surface area contributed by atoms with E-state index in [9.17, 15) is 0 Å². The highest BCUT2D eigenvalue weighted by Crippen LogP contribution is 2.16. The SMILES string of the molecule is CCCCCCC(C)OCC(N)C1CCOC1. The summed E-state index contributed by atoms with van der Waals surface area (Å²) in [7, 11) is 0. The molecule has 3 nitrogen and oxygen atoms in total. The summed E-state index contributed by atoms with van der Waals surface area (Å²) in [6.45, 7) is 6.76. The van der Waals surface area contributed by atoms with Gasteiger partial charge in [-0.15, -0.1) is 0 Å². The van der Waals surface area contributed by atoms with Crippen molar-refractivity contribution in [1.82, 2.24) is 0 Å². The van der Waals surface area contributed by atoms with Crippen LogP contribution in [0, 0.1) is 5.92 Å². The molecule has 0 radical (unpaired) electrons. The number of unbranched alkanes of at least 4 members (excludes halogenated alkanes) is 3. The second-order valence-corrected chi connectivity index (χ2v) is 5.28. The second-order valence-electron chi connectivity index (χ2n) is 5.28. The number of hydrogen-bond donors (Lipinski definition) is 1. The lowest BCUT2D eigenvalue weighted by molar-refractivity contribution is 0.0381. The molecule has 0 aromatic rings. The molecule has 0 bridgehead atoms. The molecule has 1 fully saturated rings. The van der Waals surface area contributed by atoms with Crippen molar-refractivity contribution in [3.05, 3.63) is 0 Å². The quantitative estimate of drug-likeness (QED) is 0.633. The summed E-state index contributed by atoms with van der Waals surface area (Å²) in [5, 5.41) is 0. The fourth-order valence-corrected chi connectivity index (χ4v) is 2.24. The van der Waals surface area contributed by atoms with Crippen LogP contribution in [0.25, 0.3) is 0 Å². The molecule has 0 amide bonds. The Morgan fingerprint density at radius 3 is 2.82 bits per heavy atom. The van der Waals surface area contributed by atoms with Crippen LogP contribution in [0.1, 0.15) is 52.4 Å². The van der Waals surface area contributed by atoms with Gasteiger partial charge in [0.25, 0.3) is 0 Å². The lowest BCUT2D eigenvalue weighted by Crippen LogP contribution is -2.36. The second kappa shape index (κ2) is 8.90. The van der Waals surface area contributed by atoms with Crippen molar-refractivity contribution in [2.45, 2.75) is 64.5 Å². The molecule has 3 atom stereocenters. The number of hydrogen-bond acceptors (Lipinski definition) is 3. The normalized spacial score (nSPS) is 23.8. The summed E-state index contributed by atoms with van der Waals surface area (Å²) in [6.07, 6.45) is 7.83. The Kier molecular flexibility index (Phi) is 7.82. The van der Waals surface area contributed by atoms with Crippen LogP contribution in [0.2, 0.25) is 0 Å². The van der Waals surface area contributed by atoms with Crippen molar-refractivity contribution in [1.29, 1.82) is 0 Å². The molecule has 0 aliphatic carbocycles. The maximum absolute atomic E-state index is 6.10. The summed E-state index contributed by atoms with van der Waals surface area (Å²) in [6, 6.07) is 0.149. The molecule has 0 aromatic carbocycles. The first-order chi connectivity index (χ1) is 8.24. The molecule has 1 aliphatic rings. The molecule has 0 spiro atoms. The van der Waals surface area contributed by atoms with Gasteiger partial charge in [-0.3, -0.25) is 0 Å². The number of rotatable bonds is 9. The molecule has 1 heterocycles. The Morgan fingerprint density at radius 2 is 2.18 bits per heavy atom. The van der Waals surface area contributed by atoms with Gasteiger partial charge in [-0.2, -0.15) is 0 Å². The smallest absolute Gasteiger partial charge is 0.0624 e. The lowest BCUT2D eigenvalue weighted by atomic mass is 10.0. The first kappa shape index (κ1) is 14.9. The fraction of sp³-hybridized carbons (Fsp3) is 1.00. The Labute approximate surface area is 106 Å². The minimum absolute atomic E-state index is 0.149. The molecule has 0 aromatic heterocycles. The van der Waals surface area contributed by atoms with Gasteiger partial charge in [-0.1, -0.05) is 32.6 Å². The zero-order valence-corrected chi connectivity index (χ0v) is 11.5. The standard InChI is InChI=1S/C14H29NO2/c1-3-4-5-6-7-12(2)17-11-14(15)13-8-9-16-10-13/h12-14H,3-11,15H2,1-2H3. The van der Waals surface area contributed by atoms with Gasteiger partial charge >= 0.3 is 0 Å². The molecule has 17 heavy (non-hydrogen) atoms. The molecule has 102 valence electrons. The van der Waals surface area contributed by atoms with Crippen LogP contribution in [0.15, 0.2) is 0 Å². The summed E-state index contributed by atoms with van der Waals surface area (Å²) in [5.41, 5.74) is 6.10. The first-order valence-corrected chi connectivity index (χ1v) is 7.19. The van der Waals surface area contributed by atoms with E-state index in [0.717, 1.165) is 26.1 Å². The van der Waals surface area contributed by atoms with Gasteiger partial charge in [0.2, 0.25) is 0 Å². The topological polar surface area (TPSA) is 44.5 Å². The molecule has 1 saturated heterocycles. The van der Waals surface area contributed by atoms with Crippen LogP contribution in [-0.2, 0) is 9.47 Å². The maximum atomic E-state index is 6.10. The van der Waals surface area contributed by atoms with Crippen molar-refractivity contribution in [2.75, 3.05) is 19.8 Å². The van der Waals surface area contributed by atoms with Crippen molar-refractivity contribution in [2.24, 2.45) is 11.7 Å². The highest BCUT2D eigenvalue weighted by atomic mass is 16.5. The van der Waals surface area contributed by atoms with Crippen LogP contribution in [-0.4, -0.2) is 32.0 Å². The minimum atomic E-state index is 0.149. The van der Waals surface area contributed by atoms with Crippen molar-refractivity contribution in [3.8, 4) is 0 Å². The average molecular weight is 243 g/mol. The van der Waals surface area contributed by atoms with E-state index >= 15 is 0 Å². The van der Waals surface area contributed by atoms with Gasteiger partial charge in [-0.05, 0) is 19.8 Å². The van der Waals surface area contributed by atoms with E-state index in [1.54, 1.807) is 0 Å². The zero-order chi connectivity index (χ0) is 12.5. The molecule has 1 rings (SSSR count). The minimum Gasteiger partial charge on any atom is -0.381 e. The predicted molar refractivity (Wildman–Crippen MR) is 71.1 cm³/mol. The third kappa shape index (κ3) is 6.39. The largest absolute Gasteiger partial charge is 0.381 e. The van der Waals surface area contributed by atoms with E-state index in [1.807, 2.05) is 0 Å². The van der Waals surface area contributed by atoms with Crippen LogP contribution in [0.5, 0.6) is 0 Å². The fourth-order valence-electron chi connectivity index (χ4n) is 2.24. The third-order valence-electron chi connectivity index (χ3n) is 3.61. The Hall–Kier alpha value is -0.120. The molecular formula is C14H29NO2. The highest BCUT2D eigenvalue weighted by Gasteiger charge is 2.23. The van der Waals surface area contributed by atoms with Crippen molar-refractivity contribution in [3.63, 3.8) is 0 Å². The highest BCUT2D eigenvalue weighted by molar-refractivity contribution is 4.76. The van der Waals surface area contributed by atoms with Crippen LogP contribution >= 0.6 is 0 Å². The Bertz CT molecular complexity index is 181. The van der Waals surface area contributed by atoms with Crippen molar-refractivity contribution < 1.29 is 9.47 Å².